The molecule has 0 aliphatic carbocycles. The third-order valence-corrected chi connectivity index (χ3v) is 4.26. The van der Waals surface area contributed by atoms with Gasteiger partial charge >= 0.3 is 0 Å². The van der Waals surface area contributed by atoms with Crippen molar-refractivity contribution < 1.29 is 5.11 Å². The first-order chi connectivity index (χ1) is 13.3. The van der Waals surface area contributed by atoms with Gasteiger partial charge in [0.05, 0.1) is 5.69 Å². The van der Waals surface area contributed by atoms with Crippen LogP contribution in [0.3, 0.4) is 0 Å². The zero-order valence-corrected chi connectivity index (χ0v) is 14.7. The summed E-state index contributed by atoms with van der Waals surface area (Å²) in [5, 5.41) is 10.9. The Kier molecular flexibility index (Phi) is 4.82. The highest BCUT2D eigenvalue weighted by Gasteiger charge is 2.18. The number of aliphatic hydroxyl groups is 1. The number of imidazole rings is 1. The molecule has 4 aromatic rings. The molecule has 0 saturated carbocycles. The predicted octanol–water partition coefficient (Wildman–Crippen LogP) is 4.49. The van der Waals surface area contributed by atoms with Crippen LogP contribution in [-0.4, -0.2) is 14.7 Å². The van der Waals surface area contributed by atoms with E-state index in [1.54, 1.807) is 4.57 Å². The first-order valence-electron chi connectivity index (χ1n) is 8.76. The smallest absolute Gasteiger partial charge is 0.154 e. The molecule has 1 aromatic heterocycles. The van der Waals surface area contributed by atoms with Gasteiger partial charge in [0.1, 0.15) is 6.10 Å². The third-order valence-electron chi connectivity index (χ3n) is 4.26. The number of hydrogen-bond donors (Lipinski definition) is 1. The monoisotopic (exact) mass is 350 g/mol. The summed E-state index contributed by atoms with van der Waals surface area (Å²) >= 11 is 0. The molecule has 0 radical (unpaired) electrons. The fourth-order valence-electron chi connectivity index (χ4n) is 2.86. The molecule has 0 aliphatic rings. The van der Waals surface area contributed by atoms with Gasteiger partial charge in [0.2, 0.25) is 0 Å². The van der Waals surface area contributed by atoms with Crippen LogP contribution in [0.1, 0.15) is 23.1 Å². The Balaban J connectivity index is 1.78. The number of nitrogens with zero attached hydrogens (tertiary/aromatic N) is 2. The van der Waals surface area contributed by atoms with E-state index >= 15 is 0 Å². The van der Waals surface area contributed by atoms with Gasteiger partial charge < -0.3 is 5.11 Å². The Morgan fingerprint density at radius 1 is 0.778 bits per heavy atom. The molecule has 3 nitrogen and oxygen atoms in total. The van der Waals surface area contributed by atoms with Gasteiger partial charge in [-0.05, 0) is 23.6 Å². The number of benzene rings is 3. The van der Waals surface area contributed by atoms with Crippen LogP contribution in [-0.2, 0) is 0 Å². The van der Waals surface area contributed by atoms with Gasteiger partial charge in [0, 0.05) is 23.4 Å². The summed E-state index contributed by atoms with van der Waals surface area (Å²) in [5.41, 5.74) is 3.46. The van der Waals surface area contributed by atoms with Crippen LogP contribution in [0.2, 0.25) is 0 Å². The van der Waals surface area contributed by atoms with E-state index in [2.05, 4.69) is 16.9 Å². The Morgan fingerprint density at radius 2 is 1.37 bits per heavy atom. The molecule has 1 heterocycles. The predicted molar refractivity (Wildman–Crippen MR) is 107 cm³/mol. The van der Waals surface area contributed by atoms with Gasteiger partial charge in [0.25, 0.3) is 0 Å². The Labute approximate surface area is 158 Å². The summed E-state index contributed by atoms with van der Waals surface area (Å²) < 4.78 is 1.72. The summed E-state index contributed by atoms with van der Waals surface area (Å²) in [4.78, 5) is 4.68. The molecular formula is C24H18N2O. The second-order valence-electron chi connectivity index (χ2n) is 6.14. The molecular weight excluding hydrogens is 332 g/mol. The molecule has 1 atom stereocenters. The average molecular weight is 350 g/mol. The van der Waals surface area contributed by atoms with Crippen LogP contribution >= 0.6 is 0 Å². The minimum atomic E-state index is -0.853. The topological polar surface area (TPSA) is 38.1 Å². The largest absolute Gasteiger partial charge is 0.380 e. The Hall–Kier alpha value is -3.61. The summed E-state index contributed by atoms with van der Waals surface area (Å²) in [6.07, 6.45) is 1.01. The first kappa shape index (κ1) is 16.8. The van der Waals surface area contributed by atoms with E-state index in [0.29, 0.717) is 5.82 Å². The molecule has 0 bridgehead atoms. The SMILES string of the molecule is OC(c1ccccc1)c1nc(-c2ccccc2)cn1C#Cc1ccccc1. The maximum atomic E-state index is 10.9. The van der Waals surface area contributed by atoms with Crippen molar-refractivity contribution in [3.05, 3.63) is 114 Å². The zero-order chi connectivity index (χ0) is 18.5. The van der Waals surface area contributed by atoms with Crippen LogP contribution < -0.4 is 0 Å². The van der Waals surface area contributed by atoms with Gasteiger partial charge in [-0.15, -0.1) is 0 Å². The standard InChI is InChI=1S/C24H18N2O/c27-23(21-14-8-3-9-15-21)24-25-22(20-12-6-2-7-13-20)18-26(24)17-16-19-10-4-1-5-11-19/h1-15,18,23,27H. The quantitative estimate of drug-likeness (QED) is 0.553. The molecule has 1 N–H and O–H groups in total. The molecule has 0 fully saturated rings. The van der Waals surface area contributed by atoms with Crippen molar-refractivity contribution in [2.45, 2.75) is 6.10 Å². The molecule has 27 heavy (non-hydrogen) atoms. The lowest BCUT2D eigenvalue weighted by atomic mass is 10.1. The zero-order valence-electron chi connectivity index (χ0n) is 14.7. The third kappa shape index (κ3) is 3.82. The van der Waals surface area contributed by atoms with Crippen molar-refractivity contribution in [3.63, 3.8) is 0 Å². The molecule has 130 valence electrons. The lowest BCUT2D eigenvalue weighted by molar-refractivity contribution is 0.208. The maximum absolute atomic E-state index is 10.9. The second kappa shape index (κ2) is 7.74. The number of hydrogen-bond acceptors (Lipinski definition) is 2. The minimum absolute atomic E-state index is 0.503. The number of aliphatic hydroxyl groups excluding tert-OH is 1. The van der Waals surface area contributed by atoms with Crippen LogP contribution in [0.25, 0.3) is 11.3 Å². The van der Waals surface area contributed by atoms with E-state index < -0.39 is 6.10 Å². The van der Waals surface area contributed by atoms with Gasteiger partial charge in [0.15, 0.2) is 5.82 Å². The van der Waals surface area contributed by atoms with Crippen molar-refractivity contribution >= 4 is 0 Å². The fourth-order valence-corrected chi connectivity index (χ4v) is 2.86. The molecule has 0 spiro atoms. The number of aromatic nitrogens is 2. The summed E-state index contributed by atoms with van der Waals surface area (Å²) in [6.45, 7) is 0. The molecule has 3 aromatic carbocycles. The summed E-state index contributed by atoms with van der Waals surface area (Å²) in [7, 11) is 0. The summed E-state index contributed by atoms with van der Waals surface area (Å²) in [6, 6.07) is 32.3. The molecule has 0 amide bonds. The Bertz CT molecular complexity index is 1070. The van der Waals surface area contributed by atoms with E-state index in [1.165, 1.54) is 0 Å². The van der Waals surface area contributed by atoms with E-state index in [4.69, 9.17) is 0 Å². The maximum Gasteiger partial charge on any atom is 0.154 e. The molecule has 0 aliphatic heterocycles. The normalized spacial score (nSPS) is 11.4. The molecule has 4 rings (SSSR count). The lowest BCUT2D eigenvalue weighted by Gasteiger charge is -2.09. The van der Waals surface area contributed by atoms with Crippen molar-refractivity contribution in [1.82, 2.24) is 9.55 Å². The highest BCUT2D eigenvalue weighted by atomic mass is 16.3. The van der Waals surface area contributed by atoms with E-state index in [-0.39, 0.29) is 0 Å². The van der Waals surface area contributed by atoms with Gasteiger partial charge in [-0.2, -0.15) is 0 Å². The van der Waals surface area contributed by atoms with E-state index in [0.717, 1.165) is 22.4 Å². The van der Waals surface area contributed by atoms with Gasteiger partial charge in [-0.3, -0.25) is 4.57 Å². The van der Waals surface area contributed by atoms with Crippen molar-refractivity contribution in [2.24, 2.45) is 0 Å². The molecule has 1 unspecified atom stereocenters. The van der Waals surface area contributed by atoms with Crippen LogP contribution in [0.4, 0.5) is 0 Å². The van der Waals surface area contributed by atoms with E-state index in [1.807, 2.05) is 97.2 Å². The average Bonchev–Trinajstić information content (AvgIpc) is 3.18. The highest BCUT2D eigenvalue weighted by molar-refractivity contribution is 5.59. The number of rotatable bonds is 3. The van der Waals surface area contributed by atoms with Crippen LogP contribution in [0, 0.1) is 12.0 Å². The Morgan fingerprint density at radius 3 is 2.04 bits per heavy atom. The van der Waals surface area contributed by atoms with Crippen molar-refractivity contribution in [2.75, 3.05) is 0 Å². The second-order valence-corrected chi connectivity index (χ2v) is 6.14. The highest BCUT2D eigenvalue weighted by Crippen LogP contribution is 2.25. The molecule has 3 heteroatoms. The van der Waals surface area contributed by atoms with Crippen LogP contribution in [0.15, 0.2) is 97.2 Å². The minimum Gasteiger partial charge on any atom is -0.380 e. The fraction of sp³-hybridized carbons (Fsp3) is 0.0417. The lowest BCUT2D eigenvalue weighted by Crippen LogP contribution is -2.07. The van der Waals surface area contributed by atoms with E-state index in [9.17, 15) is 5.11 Å². The van der Waals surface area contributed by atoms with Gasteiger partial charge in [-0.1, -0.05) is 78.9 Å². The van der Waals surface area contributed by atoms with Gasteiger partial charge in [-0.25, -0.2) is 4.98 Å². The molecule has 0 saturated heterocycles. The first-order valence-corrected chi connectivity index (χ1v) is 8.76. The van der Waals surface area contributed by atoms with Crippen LogP contribution in [0.5, 0.6) is 0 Å². The van der Waals surface area contributed by atoms with Crippen molar-refractivity contribution in [3.8, 4) is 23.2 Å². The summed E-state index contributed by atoms with van der Waals surface area (Å²) in [5.74, 6) is 3.64. The van der Waals surface area contributed by atoms with Crippen molar-refractivity contribution in [1.29, 1.82) is 0 Å².